The van der Waals surface area contributed by atoms with Crippen molar-refractivity contribution >= 4 is 5.91 Å². The van der Waals surface area contributed by atoms with Crippen LogP contribution >= 0.6 is 0 Å². The van der Waals surface area contributed by atoms with Crippen LogP contribution in [0.2, 0.25) is 0 Å². The lowest BCUT2D eigenvalue weighted by Gasteiger charge is -2.30. The molecule has 2 N–H and O–H groups in total. The van der Waals surface area contributed by atoms with Crippen molar-refractivity contribution in [1.29, 1.82) is 0 Å². The summed E-state index contributed by atoms with van der Waals surface area (Å²) >= 11 is 0. The molecule has 0 aromatic heterocycles. The first-order chi connectivity index (χ1) is 9.22. The third-order valence-electron chi connectivity index (χ3n) is 4.15. The van der Waals surface area contributed by atoms with Gasteiger partial charge in [0.1, 0.15) is 0 Å². The molecule has 19 heavy (non-hydrogen) atoms. The van der Waals surface area contributed by atoms with Gasteiger partial charge in [-0.25, -0.2) is 0 Å². The van der Waals surface area contributed by atoms with Crippen molar-refractivity contribution < 1.29 is 4.79 Å². The third kappa shape index (κ3) is 2.80. The molecule has 0 unspecified atom stereocenters. The van der Waals surface area contributed by atoms with Crippen LogP contribution in [0.3, 0.4) is 0 Å². The number of hydrogen-bond donors (Lipinski definition) is 1. The van der Waals surface area contributed by atoms with E-state index in [1.165, 1.54) is 11.1 Å². The molecule has 4 nitrogen and oxygen atoms in total. The monoisotopic (exact) mass is 259 g/mol. The van der Waals surface area contributed by atoms with Gasteiger partial charge in [-0.15, -0.1) is 0 Å². The van der Waals surface area contributed by atoms with Crippen molar-refractivity contribution in [2.24, 2.45) is 5.73 Å². The molecule has 0 spiro atoms. The Balaban J connectivity index is 1.60. The van der Waals surface area contributed by atoms with Gasteiger partial charge >= 0.3 is 0 Å². The maximum atomic E-state index is 12.3. The minimum Gasteiger partial charge on any atom is -0.337 e. The molecule has 1 aromatic rings. The third-order valence-corrected chi connectivity index (χ3v) is 4.15. The average Bonchev–Trinajstić information content (AvgIpc) is 2.83. The summed E-state index contributed by atoms with van der Waals surface area (Å²) in [6.45, 7) is 3.94. The summed E-state index contributed by atoms with van der Waals surface area (Å²) < 4.78 is 0. The van der Waals surface area contributed by atoms with Gasteiger partial charge < -0.3 is 10.6 Å². The van der Waals surface area contributed by atoms with Crippen LogP contribution in [-0.4, -0.2) is 47.9 Å². The number of rotatable bonds is 2. The fourth-order valence-corrected chi connectivity index (χ4v) is 3.01. The van der Waals surface area contributed by atoms with E-state index in [1.54, 1.807) is 0 Å². The van der Waals surface area contributed by atoms with Crippen LogP contribution in [0.5, 0.6) is 0 Å². The van der Waals surface area contributed by atoms with Gasteiger partial charge in [-0.05, 0) is 24.0 Å². The highest BCUT2D eigenvalue weighted by atomic mass is 16.2. The molecule has 1 fully saturated rings. The van der Waals surface area contributed by atoms with Crippen LogP contribution in [-0.2, 0) is 17.8 Å². The molecule has 4 heteroatoms. The molecule has 2 aliphatic rings. The van der Waals surface area contributed by atoms with Gasteiger partial charge in [0, 0.05) is 32.2 Å². The van der Waals surface area contributed by atoms with Crippen molar-refractivity contribution in [3.63, 3.8) is 0 Å². The van der Waals surface area contributed by atoms with E-state index in [0.29, 0.717) is 6.54 Å². The number of carbonyl (C=O) groups is 1. The predicted molar refractivity (Wildman–Crippen MR) is 74.6 cm³/mol. The number of likely N-dealkylation sites (tertiary alicyclic amines) is 1. The Morgan fingerprint density at radius 2 is 2.05 bits per heavy atom. The Labute approximate surface area is 114 Å². The molecule has 0 saturated carbocycles. The first-order valence-corrected chi connectivity index (χ1v) is 7.05. The molecule has 2 heterocycles. The molecule has 1 saturated heterocycles. The fraction of sp³-hybridized carbons (Fsp3) is 0.533. The zero-order valence-corrected chi connectivity index (χ0v) is 11.2. The van der Waals surface area contributed by atoms with E-state index >= 15 is 0 Å². The molecular formula is C15H21N3O. The van der Waals surface area contributed by atoms with E-state index < -0.39 is 0 Å². The molecule has 0 bridgehead atoms. The highest BCUT2D eigenvalue weighted by molar-refractivity contribution is 5.78. The molecule has 2 aliphatic heterocycles. The SMILES string of the molecule is N[C@H]1CCN(CC(=O)N2CCc3ccccc3C2)C1. The minimum absolute atomic E-state index is 0.239. The van der Waals surface area contributed by atoms with Crippen molar-refractivity contribution in [2.75, 3.05) is 26.2 Å². The first kappa shape index (κ1) is 12.6. The van der Waals surface area contributed by atoms with E-state index in [4.69, 9.17) is 5.73 Å². The molecule has 1 atom stereocenters. The summed E-state index contributed by atoms with van der Waals surface area (Å²) in [6.07, 6.45) is 1.98. The maximum absolute atomic E-state index is 12.3. The van der Waals surface area contributed by atoms with Gasteiger partial charge in [-0.3, -0.25) is 9.69 Å². The second-order valence-corrected chi connectivity index (χ2v) is 5.62. The van der Waals surface area contributed by atoms with Gasteiger partial charge in [0.05, 0.1) is 6.54 Å². The number of fused-ring (bicyclic) bond motifs is 1. The number of benzene rings is 1. The summed E-state index contributed by atoms with van der Waals surface area (Å²) in [4.78, 5) is 16.5. The highest BCUT2D eigenvalue weighted by Gasteiger charge is 2.25. The Bertz CT molecular complexity index is 474. The van der Waals surface area contributed by atoms with E-state index in [1.807, 2.05) is 11.0 Å². The quantitative estimate of drug-likeness (QED) is 0.846. The van der Waals surface area contributed by atoms with Crippen LogP contribution in [0.25, 0.3) is 0 Å². The van der Waals surface area contributed by atoms with E-state index in [2.05, 4.69) is 23.1 Å². The van der Waals surface area contributed by atoms with Crippen molar-refractivity contribution in [3.05, 3.63) is 35.4 Å². The molecule has 0 aliphatic carbocycles. The molecule has 102 valence electrons. The van der Waals surface area contributed by atoms with Crippen LogP contribution in [0.4, 0.5) is 0 Å². The van der Waals surface area contributed by atoms with Crippen LogP contribution < -0.4 is 5.73 Å². The van der Waals surface area contributed by atoms with E-state index in [0.717, 1.165) is 39.0 Å². The zero-order valence-electron chi connectivity index (χ0n) is 11.2. The normalized spacial score (nSPS) is 23.4. The summed E-state index contributed by atoms with van der Waals surface area (Å²) in [5.74, 6) is 0.239. The number of nitrogens with zero attached hydrogens (tertiary/aromatic N) is 2. The highest BCUT2D eigenvalue weighted by Crippen LogP contribution is 2.19. The lowest BCUT2D eigenvalue weighted by molar-refractivity contribution is -0.133. The first-order valence-electron chi connectivity index (χ1n) is 7.05. The summed E-state index contributed by atoms with van der Waals surface area (Å²) in [7, 11) is 0. The number of nitrogens with two attached hydrogens (primary N) is 1. The Morgan fingerprint density at radius 1 is 1.26 bits per heavy atom. The molecule has 3 rings (SSSR count). The Hall–Kier alpha value is -1.39. The zero-order chi connectivity index (χ0) is 13.2. The van der Waals surface area contributed by atoms with Crippen molar-refractivity contribution in [1.82, 2.24) is 9.80 Å². The van der Waals surface area contributed by atoms with E-state index in [9.17, 15) is 4.79 Å². The lowest BCUT2D eigenvalue weighted by Crippen LogP contribution is -2.42. The van der Waals surface area contributed by atoms with Gasteiger partial charge in [0.15, 0.2) is 0 Å². The van der Waals surface area contributed by atoms with Crippen LogP contribution in [0.1, 0.15) is 17.5 Å². The van der Waals surface area contributed by atoms with Gasteiger partial charge in [0.2, 0.25) is 5.91 Å². The Morgan fingerprint density at radius 3 is 2.79 bits per heavy atom. The molecule has 1 amide bonds. The minimum atomic E-state index is 0.239. The smallest absolute Gasteiger partial charge is 0.237 e. The fourth-order valence-electron chi connectivity index (χ4n) is 3.01. The summed E-state index contributed by atoms with van der Waals surface area (Å²) in [5, 5.41) is 0. The topological polar surface area (TPSA) is 49.6 Å². The van der Waals surface area contributed by atoms with Crippen LogP contribution in [0.15, 0.2) is 24.3 Å². The standard InChI is InChI=1S/C15H21N3O/c16-14-6-7-17(10-14)11-15(19)18-8-5-12-3-1-2-4-13(12)9-18/h1-4,14H,5-11,16H2/t14-/m0/s1. The predicted octanol–water partition coefficient (Wildman–Crippen LogP) is 0.604. The number of carbonyl (C=O) groups excluding carboxylic acids is 1. The van der Waals surface area contributed by atoms with Gasteiger partial charge in [-0.2, -0.15) is 0 Å². The second-order valence-electron chi connectivity index (χ2n) is 5.62. The lowest BCUT2D eigenvalue weighted by atomic mass is 10.00. The average molecular weight is 259 g/mol. The van der Waals surface area contributed by atoms with Gasteiger partial charge in [-0.1, -0.05) is 24.3 Å². The molecule has 1 aromatic carbocycles. The Kier molecular flexibility index (Phi) is 3.53. The maximum Gasteiger partial charge on any atom is 0.237 e. The second kappa shape index (κ2) is 5.31. The van der Waals surface area contributed by atoms with E-state index in [-0.39, 0.29) is 11.9 Å². The van der Waals surface area contributed by atoms with Crippen LogP contribution in [0, 0.1) is 0 Å². The van der Waals surface area contributed by atoms with Crippen molar-refractivity contribution in [2.45, 2.75) is 25.4 Å². The summed E-state index contributed by atoms with van der Waals surface area (Å²) in [6, 6.07) is 8.65. The van der Waals surface area contributed by atoms with Crippen molar-refractivity contribution in [3.8, 4) is 0 Å². The largest absolute Gasteiger partial charge is 0.337 e. The summed E-state index contributed by atoms with van der Waals surface area (Å²) in [5.41, 5.74) is 8.55. The molecule has 0 radical (unpaired) electrons. The number of amides is 1. The van der Waals surface area contributed by atoms with Gasteiger partial charge in [0.25, 0.3) is 0 Å². The number of hydrogen-bond acceptors (Lipinski definition) is 3. The molecular weight excluding hydrogens is 238 g/mol.